The monoisotopic (exact) mass is 774 g/mol. The fourth-order valence-electron chi connectivity index (χ4n) is 7.22. The molecule has 0 unspecified atom stereocenters. The van der Waals surface area contributed by atoms with E-state index in [0.717, 1.165) is 44.1 Å². The third kappa shape index (κ3) is 24.5. The minimum Gasteiger partial charge on any atom is -0.490 e. The molecular weight excluding hydrogens is 691 g/mol. The molecule has 0 fully saturated rings. The van der Waals surface area contributed by atoms with E-state index in [1.165, 1.54) is 154 Å². The van der Waals surface area contributed by atoms with Crippen LogP contribution < -0.4 is 19.5 Å². The molecule has 0 radical (unpaired) electrons. The van der Waals surface area contributed by atoms with E-state index >= 15 is 0 Å². The fraction of sp³-hybridized carbons (Fsp3) is 0.706. The van der Waals surface area contributed by atoms with Crippen LogP contribution in [0, 0.1) is 12.3 Å². The molecule has 2 aromatic rings. The van der Waals surface area contributed by atoms with Crippen molar-refractivity contribution < 1.29 is 19.0 Å². The topological polar surface area (TPSA) is 56.8 Å². The smallest absolute Gasteiger partial charge is 0.255 e. The van der Waals surface area contributed by atoms with Gasteiger partial charge in [0.15, 0.2) is 11.5 Å². The number of rotatable bonds is 38. The highest BCUT2D eigenvalue weighted by molar-refractivity contribution is 6.05. The van der Waals surface area contributed by atoms with E-state index in [1.54, 1.807) is 0 Å². The van der Waals surface area contributed by atoms with Gasteiger partial charge >= 0.3 is 0 Å². The first-order valence-corrected chi connectivity index (χ1v) is 23.6. The molecule has 0 heterocycles. The molecule has 0 aliphatic heterocycles. The van der Waals surface area contributed by atoms with Crippen LogP contribution >= 0.6 is 0 Å². The minimum atomic E-state index is -0.215. The van der Waals surface area contributed by atoms with Crippen LogP contribution in [0.3, 0.4) is 0 Å². The van der Waals surface area contributed by atoms with Crippen LogP contribution in [0.1, 0.15) is 229 Å². The van der Waals surface area contributed by atoms with Gasteiger partial charge in [0, 0.05) is 16.8 Å². The molecule has 0 aliphatic rings. The summed E-state index contributed by atoms with van der Waals surface area (Å²) in [5, 5.41) is 3.04. The molecule has 0 bridgehead atoms. The van der Waals surface area contributed by atoms with E-state index < -0.39 is 0 Å². The molecule has 316 valence electrons. The van der Waals surface area contributed by atoms with E-state index in [4.69, 9.17) is 20.6 Å². The zero-order chi connectivity index (χ0) is 40.2. The normalized spacial score (nSPS) is 11.0. The summed E-state index contributed by atoms with van der Waals surface area (Å²) in [6, 6.07) is 11.0. The Kier molecular flexibility index (Phi) is 30.7. The molecule has 0 atom stereocenters. The number of nitrogens with one attached hydrogen (secondary N) is 1. The molecule has 2 aromatic carbocycles. The zero-order valence-corrected chi connectivity index (χ0v) is 36.5. The summed E-state index contributed by atoms with van der Waals surface area (Å²) in [6.07, 6.45) is 43.7. The van der Waals surface area contributed by atoms with Gasteiger partial charge < -0.3 is 19.5 Å². The number of carbonyl (C=O) groups is 1. The average Bonchev–Trinajstić information content (AvgIpc) is 3.21. The summed E-state index contributed by atoms with van der Waals surface area (Å²) in [6.45, 7) is 8.59. The van der Waals surface area contributed by atoms with Gasteiger partial charge in [-0.3, -0.25) is 4.79 Å². The quantitative estimate of drug-likeness (QED) is 0.0545. The van der Waals surface area contributed by atoms with Crippen molar-refractivity contribution in [2.75, 3.05) is 25.1 Å². The van der Waals surface area contributed by atoms with Gasteiger partial charge in [-0.2, -0.15) is 0 Å². The average molecular weight is 774 g/mol. The Hall–Kier alpha value is -3.13. The molecule has 0 saturated heterocycles. The molecule has 0 aromatic heterocycles. The summed E-state index contributed by atoms with van der Waals surface area (Å²) < 4.78 is 19.5. The van der Waals surface area contributed by atoms with Crippen LogP contribution in [-0.2, 0) is 0 Å². The van der Waals surface area contributed by atoms with Gasteiger partial charge in [0.05, 0.1) is 19.8 Å². The van der Waals surface area contributed by atoms with Crippen molar-refractivity contribution in [3.05, 3.63) is 47.5 Å². The van der Waals surface area contributed by atoms with Gasteiger partial charge in [-0.05, 0) is 55.7 Å². The van der Waals surface area contributed by atoms with E-state index in [-0.39, 0.29) is 5.91 Å². The lowest BCUT2D eigenvalue weighted by Gasteiger charge is -2.19. The lowest BCUT2D eigenvalue weighted by Crippen LogP contribution is -2.14. The highest BCUT2D eigenvalue weighted by Gasteiger charge is 2.19. The number of hydrogen-bond donors (Lipinski definition) is 1. The Morgan fingerprint density at radius 2 is 0.804 bits per heavy atom. The predicted octanol–water partition coefficient (Wildman–Crippen LogP) is 15.8. The third-order valence-corrected chi connectivity index (χ3v) is 10.8. The Balaban J connectivity index is 2.07. The highest BCUT2D eigenvalue weighted by atomic mass is 16.5. The number of terminal acetylenes is 1. The van der Waals surface area contributed by atoms with Gasteiger partial charge in [-0.1, -0.05) is 200 Å². The van der Waals surface area contributed by atoms with Gasteiger partial charge in [0.2, 0.25) is 5.75 Å². The maximum atomic E-state index is 13.7. The van der Waals surface area contributed by atoms with E-state index in [0.29, 0.717) is 48.3 Å². The largest absolute Gasteiger partial charge is 0.490 e. The summed E-state index contributed by atoms with van der Waals surface area (Å²) >= 11 is 0. The van der Waals surface area contributed by atoms with Crippen molar-refractivity contribution >= 4 is 11.6 Å². The maximum absolute atomic E-state index is 13.7. The third-order valence-electron chi connectivity index (χ3n) is 10.8. The second kappa shape index (κ2) is 35.1. The molecule has 1 N–H and O–H groups in total. The molecule has 0 saturated carbocycles. The van der Waals surface area contributed by atoms with E-state index in [2.05, 4.69) is 32.0 Å². The Bertz CT molecular complexity index is 1220. The van der Waals surface area contributed by atoms with E-state index in [1.807, 2.05) is 36.4 Å². The van der Waals surface area contributed by atoms with Crippen molar-refractivity contribution in [1.82, 2.24) is 0 Å². The number of hydrogen-bond acceptors (Lipinski definition) is 4. The molecule has 1 amide bonds. The van der Waals surface area contributed by atoms with Crippen LogP contribution in [0.4, 0.5) is 5.69 Å². The highest BCUT2D eigenvalue weighted by Crippen LogP contribution is 2.40. The molecular formula is C51H83NO4. The van der Waals surface area contributed by atoms with Gasteiger partial charge in [0.1, 0.15) is 0 Å². The van der Waals surface area contributed by atoms with Crippen LogP contribution in [0.15, 0.2) is 36.4 Å². The van der Waals surface area contributed by atoms with Crippen molar-refractivity contribution in [3.8, 4) is 29.6 Å². The zero-order valence-electron chi connectivity index (χ0n) is 36.5. The van der Waals surface area contributed by atoms with Crippen molar-refractivity contribution in [1.29, 1.82) is 0 Å². The molecule has 5 nitrogen and oxygen atoms in total. The summed E-state index contributed by atoms with van der Waals surface area (Å²) in [7, 11) is 0. The molecule has 2 rings (SSSR count). The first kappa shape index (κ1) is 49.0. The SMILES string of the molecule is C#Cc1ccc(NC(=O)c2cc(OCCCCCCCCCCCC)c(OCCCCCCCCCCCC)c(OCCCCCCCCCCCC)c2)cc1. The lowest BCUT2D eigenvalue weighted by molar-refractivity contribution is 0.102. The molecule has 5 heteroatoms. The second-order valence-electron chi connectivity index (χ2n) is 16.1. The predicted molar refractivity (Wildman–Crippen MR) is 241 cm³/mol. The first-order valence-electron chi connectivity index (χ1n) is 23.6. The Labute approximate surface area is 345 Å². The van der Waals surface area contributed by atoms with Gasteiger partial charge in [-0.25, -0.2) is 0 Å². The maximum Gasteiger partial charge on any atom is 0.255 e. The Morgan fingerprint density at radius 3 is 1.14 bits per heavy atom. The van der Waals surface area contributed by atoms with Crippen LogP contribution in [0.25, 0.3) is 0 Å². The van der Waals surface area contributed by atoms with Crippen molar-refractivity contribution in [2.45, 2.75) is 213 Å². The number of carbonyl (C=O) groups excluding carboxylic acids is 1. The van der Waals surface area contributed by atoms with Crippen LogP contribution in [0.5, 0.6) is 17.2 Å². The van der Waals surface area contributed by atoms with Crippen LogP contribution in [0.2, 0.25) is 0 Å². The van der Waals surface area contributed by atoms with Gasteiger partial charge in [-0.15, -0.1) is 6.42 Å². The summed E-state index contributed by atoms with van der Waals surface area (Å²) in [5.41, 5.74) is 1.96. The van der Waals surface area contributed by atoms with E-state index in [9.17, 15) is 4.79 Å². The minimum absolute atomic E-state index is 0.215. The van der Waals surface area contributed by atoms with Crippen molar-refractivity contribution in [3.63, 3.8) is 0 Å². The lowest BCUT2D eigenvalue weighted by atomic mass is 10.1. The summed E-state index contributed by atoms with van der Waals surface area (Å²) in [4.78, 5) is 13.7. The second-order valence-corrected chi connectivity index (χ2v) is 16.1. The standard InChI is InChI=1S/C51H83NO4/c1-5-9-12-15-18-21-24-27-30-33-40-54-48-43-46(51(53)52-47-38-36-45(8-4)37-39-47)44-49(55-41-34-31-28-25-22-19-16-13-10-6-2)50(48)56-42-35-32-29-26-23-20-17-14-11-7-3/h4,36-39,43-44H,5-7,9-35,40-42H2,1-3H3,(H,52,53). The number of unbranched alkanes of at least 4 members (excludes halogenated alkanes) is 27. The number of ether oxygens (including phenoxy) is 3. The molecule has 56 heavy (non-hydrogen) atoms. The van der Waals surface area contributed by atoms with Crippen LogP contribution in [-0.4, -0.2) is 25.7 Å². The number of anilines is 1. The van der Waals surface area contributed by atoms with Crippen molar-refractivity contribution in [2.24, 2.45) is 0 Å². The number of benzene rings is 2. The first-order chi connectivity index (χ1) is 27.6. The number of amides is 1. The molecule has 0 spiro atoms. The molecule has 0 aliphatic carbocycles. The fourth-order valence-corrected chi connectivity index (χ4v) is 7.22. The Morgan fingerprint density at radius 1 is 0.482 bits per heavy atom. The summed E-state index contributed by atoms with van der Waals surface area (Å²) in [5.74, 6) is 4.25. The van der Waals surface area contributed by atoms with Gasteiger partial charge in [0.25, 0.3) is 5.91 Å².